The van der Waals surface area contributed by atoms with Crippen molar-refractivity contribution in [3.8, 4) is 17.2 Å². The van der Waals surface area contributed by atoms with Crippen LogP contribution in [-0.4, -0.2) is 19.3 Å². The normalized spacial score (nSPS) is 12.1. The van der Waals surface area contributed by atoms with Gasteiger partial charge in [0.05, 0.1) is 11.6 Å². The van der Waals surface area contributed by atoms with E-state index >= 15 is 0 Å². The van der Waals surface area contributed by atoms with Gasteiger partial charge < -0.3 is 19.5 Å². The first-order valence-corrected chi connectivity index (χ1v) is 7.18. The molecule has 2 aromatic rings. The summed E-state index contributed by atoms with van der Waals surface area (Å²) in [5.74, 6) is 1.58. The lowest BCUT2D eigenvalue weighted by Gasteiger charge is -2.09. The Kier molecular flexibility index (Phi) is 4.06. The van der Waals surface area contributed by atoms with Gasteiger partial charge in [0.15, 0.2) is 11.5 Å². The quantitative estimate of drug-likeness (QED) is 0.933. The second-order valence-corrected chi connectivity index (χ2v) is 5.01. The lowest BCUT2D eigenvalue weighted by Crippen LogP contribution is -2.11. The molecule has 5 nitrogen and oxygen atoms in total. The fourth-order valence-corrected chi connectivity index (χ4v) is 2.33. The van der Waals surface area contributed by atoms with E-state index in [0.29, 0.717) is 40.1 Å². The molecule has 2 aromatic carbocycles. The molecule has 1 amide bonds. The Labute approximate surface area is 132 Å². The Hall–Kier alpha value is -2.40. The average Bonchev–Trinajstić information content (AvgIpc) is 2.97. The third-order valence-corrected chi connectivity index (χ3v) is 3.42. The Morgan fingerprint density at radius 3 is 2.82 bits per heavy atom. The van der Waals surface area contributed by atoms with Crippen molar-refractivity contribution in [3.05, 3.63) is 47.0 Å². The molecule has 0 radical (unpaired) electrons. The highest BCUT2D eigenvalue weighted by Gasteiger charge is 2.15. The Morgan fingerprint density at radius 2 is 2.05 bits per heavy atom. The van der Waals surface area contributed by atoms with Crippen LogP contribution in [0.15, 0.2) is 36.4 Å². The fraction of sp³-hybridized carbons (Fsp3) is 0.188. The van der Waals surface area contributed by atoms with Crippen molar-refractivity contribution in [3.63, 3.8) is 0 Å². The number of carbonyl (C=O) groups excluding carboxylic acids is 1. The van der Waals surface area contributed by atoms with E-state index in [1.54, 1.807) is 36.4 Å². The molecule has 114 valence electrons. The molecule has 0 saturated carbocycles. The molecule has 0 spiro atoms. The number of hydrogen-bond donors (Lipinski definition) is 1. The molecule has 0 fully saturated rings. The first kappa shape index (κ1) is 14.5. The van der Waals surface area contributed by atoms with Crippen molar-refractivity contribution in [1.82, 2.24) is 0 Å². The van der Waals surface area contributed by atoms with Crippen LogP contribution in [0.1, 0.15) is 17.3 Å². The van der Waals surface area contributed by atoms with Crippen molar-refractivity contribution in [1.29, 1.82) is 0 Å². The van der Waals surface area contributed by atoms with Gasteiger partial charge in [0.2, 0.25) is 6.79 Å². The molecule has 3 rings (SSSR count). The number of anilines is 1. The van der Waals surface area contributed by atoms with Gasteiger partial charge in [-0.1, -0.05) is 11.6 Å². The van der Waals surface area contributed by atoms with Crippen LogP contribution in [-0.2, 0) is 0 Å². The molecule has 1 aliphatic heterocycles. The van der Waals surface area contributed by atoms with Crippen LogP contribution in [0.3, 0.4) is 0 Å². The summed E-state index contributed by atoms with van der Waals surface area (Å²) in [5, 5.41) is 3.20. The predicted octanol–water partition coefficient (Wildman–Crippen LogP) is 3.72. The zero-order valence-corrected chi connectivity index (χ0v) is 12.6. The molecule has 22 heavy (non-hydrogen) atoms. The van der Waals surface area contributed by atoms with Gasteiger partial charge in [-0.25, -0.2) is 0 Å². The van der Waals surface area contributed by atoms with E-state index < -0.39 is 0 Å². The summed E-state index contributed by atoms with van der Waals surface area (Å²) >= 11 is 6.09. The van der Waals surface area contributed by atoms with Crippen LogP contribution in [0.4, 0.5) is 5.69 Å². The Bertz CT molecular complexity index is 717. The van der Waals surface area contributed by atoms with Crippen molar-refractivity contribution in [2.45, 2.75) is 6.92 Å². The van der Waals surface area contributed by atoms with Gasteiger partial charge in [-0.2, -0.15) is 0 Å². The summed E-state index contributed by atoms with van der Waals surface area (Å²) < 4.78 is 15.9. The molecule has 0 unspecified atom stereocenters. The Morgan fingerprint density at radius 1 is 1.23 bits per heavy atom. The first-order valence-electron chi connectivity index (χ1n) is 6.80. The van der Waals surface area contributed by atoms with Gasteiger partial charge in [0.25, 0.3) is 5.91 Å². The lowest BCUT2D eigenvalue weighted by molar-refractivity contribution is 0.102. The zero-order valence-electron chi connectivity index (χ0n) is 11.9. The molecule has 0 aromatic heterocycles. The van der Waals surface area contributed by atoms with E-state index in [4.69, 9.17) is 25.8 Å². The van der Waals surface area contributed by atoms with E-state index in [0.717, 1.165) is 0 Å². The molecule has 1 heterocycles. The molecular weight excluding hydrogens is 306 g/mol. The number of carbonyl (C=O) groups is 1. The monoisotopic (exact) mass is 319 g/mol. The number of hydrogen-bond acceptors (Lipinski definition) is 4. The van der Waals surface area contributed by atoms with Crippen LogP contribution in [0.2, 0.25) is 5.02 Å². The predicted molar refractivity (Wildman–Crippen MR) is 83.1 cm³/mol. The highest BCUT2D eigenvalue weighted by molar-refractivity contribution is 6.32. The number of amides is 1. The number of ether oxygens (including phenoxy) is 3. The number of rotatable bonds is 4. The number of fused-ring (bicyclic) bond motifs is 1. The summed E-state index contributed by atoms with van der Waals surface area (Å²) in [4.78, 5) is 12.3. The van der Waals surface area contributed by atoms with Gasteiger partial charge in [0.1, 0.15) is 5.75 Å². The van der Waals surface area contributed by atoms with Crippen LogP contribution in [0.5, 0.6) is 17.2 Å². The van der Waals surface area contributed by atoms with Crippen LogP contribution in [0.25, 0.3) is 0 Å². The van der Waals surface area contributed by atoms with Crippen LogP contribution in [0, 0.1) is 0 Å². The molecule has 1 N–H and O–H groups in total. The number of nitrogens with one attached hydrogen (secondary N) is 1. The van der Waals surface area contributed by atoms with E-state index in [1.807, 2.05) is 6.92 Å². The maximum absolute atomic E-state index is 12.3. The summed E-state index contributed by atoms with van der Waals surface area (Å²) in [7, 11) is 0. The maximum atomic E-state index is 12.3. The average molecular weight is 320 g/mol. The summed E-state index contributed by atoms with van der Waals surface area (Å²) in [5.41, 5.74) is 1.07. The second kappa shape index (κ2) is 6.15. The van der Waals surface area contributed by atoms with E-state index in [9.17, 15) is 4.79 Å². The van der Waals surface area contributed by atoms with Gasteiger partial charge in [-0.3, -0.25) is 4.79 Å². The SMILES string of the molecule is CCOc1ccc(C(=O)Nc2ccc3c(c2)OCO3)cc1Cl. The van der Waals surface area contributed by atoms with Gasteiger partial charge in [0, 0.05) is 17.3 Å². The van der Waals surface area contributed by atoms with Crippen molar-refractivity contribution in [2.75, 3.05) is 18.7 Å². The smallest absolute Gasteiger partial charge is 0.255 e. The summed E-state index contributed by atoms with van der Waals surface area (Å²) in [6, 6.07) is 10.1. The minimum Gasteiger partial charge on any atom is -0.492 e. The highest BCUT2D eigenvalue weighted by atomic mass is 35.5. The highest BCUT2D eigenvalue weighted by Crippen LogP contribution is 2.34. The van der Waals surface area contributed by atoms with Crippen molar-refractivity contribution in [2.24, 2.45) is 0 Å². The minimum atomic E-state index is -0.260. The third-order valence-electron chi connectivity index (χ3n) is 3.12. The molecule has 0 bridgehead atoms. The van der Waals surface area contributed by atoms with E-state index in [1.165, 1.54) is 0 Å². The van der Waals surface area contributed by atoms with Crippen LogP contribution < -0.4 is 19.5 Å². The topological polar surface area (TPSA) is 56.8 Å². The van der Waals surface area contributed by atoms with Gasteiger partial charge in [-0.15, -0.1) is 0 Å². The second-order valence-electron chi connectivity index (χ2n) is 4.60. The molecule has 0 atom stereocenters. The van der Waals surface area contributed by atoms with Gasteiger partial charge >= 0.3 is 0 Å². The third kappa shape index (κ3) is 2.94. The van der Waals surface area contributed by atoms with Crippen molar-refractivity contribution < 1.29 is 19.0 Å². The maximum Gasteiger partial charge on any atom is 0.255 e. The van der Waals surface area contributed by atoms with Crippen molar-refractivity contribution >= 4 is 23.2 Å². The largest absolute Gasteiger partial charge is 0.492 e. The van der Waals surface area contributed by atoms with E-state index in [-0.39, 0.29) is 12.7 Å². The summed E-state index contributed by atoms with van der Waals surface area (Å²) in [6.07, 6.45) is 0. The number of halogens is 1. The molecule has 0 aliphatic carbocycles. The van der Waals surface area contributed by atoms with Crippen LogP contribution >= 0.6 is 11.6 Å². The van der Waals surface area contributed by atoms with Gasteiger partial charge in [-0.05, 0) is 37.3 Å². The molecule has 6 heteroatoms. The summed E-state index contributed by atoms with van der Waals surface area (Å²) in [6.45, 7) is 2.58. The van der Waals surface area contributed by atoms with E-state index in [2.05, 4.69) is 5.32 Å². The first-order chi connectivity index (χ1) is 10.7. The lowest BCUT2D eigenvalue weighted by atomic mass is 10.2. The number of benzene rings is 2. The fourth-order valence-electron chi connectivity index (χ4n) is 2.09. The zero-order chi connectivity index (χ0) is 15.5. The Balaban J connectivity index is 1.75. The molecule has 0 saturated heterocycles. The molecule has 1 aliphatic rings. The standard InChI is InChI=1S/C16H14ClNO4/c1-2-20-13-5-3-10(7-12(13)17)16(19)18-11-4-6-14-15(8-11)22-9-21-14/h3-8H,2,9H2,1H3,(H,18,19). The molecular formula is C16H14ClNO4. The minimum absolute atomic E-state index is 0.196.